The number of rotatable bonds is 12. The Morgan fingerprint density at radius 2 is 1.87 bits per heavy atom. The molecule has 2 fully saturated rings. The number of aromatic nitrogens is 3. The van der Waals surface area contributed by atoms with Gasteiger partial charge in [0.15, 0.2) is 17.3 Å². The molecule has 3 aromatic rings. The van der Waals surface area contributed by atoms with E-state index < -0.39 is 17.5 Å². The van der Waals surface area contributed by atoms with Gasteiger partial charge < -0.3 is 33.2 Å². The van der Waals surface area contributed by atoms with Crippen molar-refractivity contribution in [3.8, 4) is 39.9 Å². The first-order valence-corrected chi connectivity index (χ1v) is 15.5. The molecule has 1 aliphatic carbocycles. The van der Waals surface area contributed by atoms with Crippen LogP contribution in [0.3, 0.4) is 0 Å². The molecule has 0 bridgehead atoms. The van der Waals surface area contributed by atoms with E-state index in [0.717, 1.165) is 37.7 Å². The van der Waals surface area contributed by atoms with E-state index in [0.29, 0.717) is 59.0 Å². The third-order valence-electron chi connectivity index (χ3n) is 8.92. The number of nitrogens with zero attached hydrogens (tertiary/aromatic N) is 3. The summed E-state index contributed by atoms with van der Waals surface area (Å²) in [4.78, 5) is 13.3. The van der Waals surface area contributed by atoms with Gasteiger partial charge in [0.2, 0.25) is 5.75 Å². The van der Waals surface area contributed by atoms with Crippen LogP contribution in [-0.2, 0) is 14.2 Å². The van der Waals surface area contributed by atoms with Gasteiger partial charge in [0.25, 0.3) is 0 Å². The van der Waals surface area contributed by atoms with E-state index in [1.165, 1.54) is 0 Å². The van der Waals surface area contributed by atoms with Crippen LogP contribution in [0.1, 0.15) is 52.4 Å². The topological polar surface area (TPSA) is 124 Å². The summed E-state index contributed by atoms with van der Waals surface area (Å²) < 4.78 is 42.6. The predicted octanol–water partition coefficient (Wildman–Crippen LogP) is 6.56. The fraction of sp³-hybridized carbons (Fsp3) is 0.500. The molecule has 12 heteroatoms. The van der Waals surface area contributed by atoms with Crippen molar-refractivity contribution in [1.29, 1.82) is 0 Å². The standard InChI is InChI=1S/C34H44N4O8/c1-8-11-23(9-2)33(3)21-44-34(46-33)15-10-12-25(19-34)45-32(39)36-26-16-22(13-14-28(26)40-4)27-20-35-37-38(27)24-17-29(41-5)31(43-7)30(18-24)42-6/h8,13-14,16-18,20,23,25H,1,9-12,15,19,21H2,2-7H3,(H,36,39). The van der Waals surface area contributed by atoms with Crippen LogP contribution in [0, 0.1) is 5.92 Å². The molecule has 4 atom stereocenters. The Morgan fingerprint density at radius 3 is 2.52 bits per heavy atom. The second kappa shape index (κ2) is 14.0. The molecule has 1 spiro atoms. The minimum Gasteiger partial charge on any atom is -0.495 e. The number of methoxy groups -OCH3 is 4. The van der Waals surface area contributed by atoms with Crippen LogP contribution < -0.4 is 24.3 Å². The first-order chi connectivity index (χ1) is 22.2. The Kier molecular flexibility index (Phi) is 10.1. The molecule has 1 saturated heterocycles. The highest BCUT2D eigenvalue weighted by Gasteiger charge is 2.53. The summed E-state index contributed by atoms with van der Waals surface area (Å²) in [7, 11) is 6.19. The van der Waals surface area contributed by atoms with Gasteiger partial charge in [-0.05, 0) is 50.3 Å². The molecule has 2 heterocycles. The average molecular weight is 637 g/mol. The lowest BCUT2D eigenvalue weighted by Gasteiger charge is -2.39. The molecule has 2 aliphatic rings. The molecular weight excluding hydrogens is 592 g/mol. The van der Waals surface area contributed by atoms with Crippen molar-refractivity contribution in [1.82, 2.24) is 15.0 Å². The van der Waals surface area contributed by atoms with Gasteiger partial charge in [-0.2, -0.15) is 0 Å². The van der Waals surface area contributed by atoms with Crippen molar-refractivity contribution in [2.75, 3.05) is 40.4 Å². The summed E-state index contributed by atoms with van der Waals surface area (Å²) in [6.45, 7) is 8.68. The zero-order valence-electron chi connectivity index (χ0n) is 27.5. The summed E-state index contributed by atoms with van der Waals surface area (Å²) in [5.41, 5.74) is 2.04. The number of amides is 1. The van der Waals surface area contributed by atoms with E-state index in [9.17, 15) is 4.79 Å². The minimum atomic E-state index is -0.762. The molecule has 1 saturated carbocycles. The summed E-state index contributed by atoms with van der Waals surface area (Å²) >= 11 is 0. The highest BCUT2D eigenvalue weighted by Crippen LogP contribution is 2.46. The third kappa shape index (κ3) is 6.63. The Balaban J connectivity index is 1.33. The second-order valence-electron chi connectivity index (χ2n) is 11.8. The minimum absolute atomic E-state index is 0.300. The molecule has 248 valence electrons. The average Bonchev–Trinajstić information content (AvgIpc) is 3.68. The summed E-state index contributed by atoms with van der Waals surface area (Å²) in [5, 5.41) is 11.3. The van der Waals surface area contributed by atoms with Gasteiger partial charge in [-0.1, -0.05) is 24.6 Å². The fourth-order valence-corrected chi connectivity index (χ4v) is 6.55. The molecular formula is C34H44N4O8. The van der Waals surface area contributed by atoms with Crippen LogP contribution in [0.2, 0.25) is 0 Å². The zero-order chi connectivity index (χ0) is 32.9. The van der Waals surface area contributed by atoms with E-state index in [1.807, 2.05) is 12.1 Å². The summed E-state index contributed by atoms with van der Waals surface area (Å²) in [6, 6.07) is 8.96. The smallest absolute Gasteiger partial charge is 0.412 e. The molecule has 2 aromatic carbocycles. The van der Waals surface area contributed by atoms with Crippen molar-refractivity contribution in [2.24, 2.45) is 5.92 Å². The van der Waals surface area contributed by atoms with Gasteiger partial charge >= 0.3 is 6.09 Å². The van der Waals surface area contributed by atoms with Crippen LogP contribution in [0.5, 0.6) is 23.0 Å². The molecule has 1 amide bonds. The van der Waals surface area contributed by atoms with Crippen molar-refractivity contribution in [3.05, 3.63) is 49.2 Å². The lowest BCUT2D eigenvalue weighted by Crippen LogP contribution is -2.44. The van der Waals surface area contributed by atoms with Crippen molar-refractivity contribution < 1.29 is 38.0 Å². The zero-order valence-corrected chi connectivity index (χ0v) is 27.5. The van der Waals surface area contributed by atoms with Gasteiger partial charge in [0, 0.05) is 30.5 Å². The molecule has 46 heavy (non-hydrogen) atoms. The van der Waals surface area contributed by atoms with Gasteiger partial charge in [-0.15, -0.1) is 11.7 Å². The second-order valence-corrected chi connectivity index (χ2v) is 11.8. The van der Waals surface area contributed by atoms with Crippen LogP contribution in [0.25, 0.3) is 16.9 Å². The largest absolute Gasteiger partial charge is 0.495 e. The molecule has 5 rings (SSSR count). The monoisotopic (exact) mass is 636 g/mol. The Bertz CT molecular complexity index is 1520. The first-order valence-electron chi connectivity index (χ1n) is 15.5. The van der Waals surface area contributed by atoms with E-state index in [1.54, 1.807) is 63.6 Å². The van der Waals surface area contributed by atoms with E-state index in [-0.39, 0.29) is 6.10 Å². The third-order valence-corrected chi connectivity index (χ3v) is 8.92. The lowest BCUT2D eigenvalue weighted by atomic mass is 9.84. The predicted molar refractivity (Wildman–Crippen MR) is 172 cm³/mol. The number of anilines is 1. The fourth-order valence-electron chi connectivity index (χ4n) is 6.55. The highest BCUT2D eigenvalue weighted by molar-refractivity contribution is 5.88. The molecule has 0 radical (unpaired) electrons. The van der Waals surface area contributed by atoms with Gasteiger partial charge in [0.05, 0.1) is 63.9 Å². The van der Waals surface area contributed by atoms with Crippen molar-refractivity contribution in [2.45, 2.75) is 69.9 Å². The quantitative estimate of drug-likeness (QED) is 0.219. The summed E-state index contributed by atoms with van der Waals surface area (Å²) in [5.74, 6) is 1.42. The van der Waals surface area contributed by atoms with Crippen LogP contribution in [0.4, 0.5) is 10.5 Å². The van der Waals surface area contributed by atoms with Crippen molar-refractivity contribution >= 4 is 11.8 Å². The van der Waals surface area contributed by atoms with Crippen LogP contribution >= 0.6 is 0 Å². The normalized spacial score (nSPS) is 23.0. The summed E-state index contributed by atoms with van der Waals surface area (Å²) in [6.07, 6.45) is 7.20. The van der Waals surface area contributed by atoms with E-state index >= 15 is 0 Å². The van der Waals surface area contributed by atoms with E-state index in [2.05, 4.69) is 36.1 Å². The van der Waals surface area contributed by atoms with Gasteiger partial charge in [0.1, 0.15) is 11.9 Å². The number of hydrogen-bond donors (Lipinski definition) is 1. The first kappa shape index (κ1) is 33.1. The van der Waals surface area contributed by atoms with Crippen molar-refractivity contribution in [3.63, 3.8) is 0 Å². The highest BCUT2D eigenvalue weighted by atomic mass is 16.8. The van der Waals surface area contributed by atoms with Gasteiger partial charge in [-0.25, -0.2) is 9.48 Å². The molecule has 1 aromatic heterocycles. The number of nitrogens with one attached hydrogen (secondary N) is 1. The maximum atomic E-state index is 13.3. The Morgan fingerprint density at radius 1 is 1.13 bits per heavy atom. The number of carbonyl (C=O) groups is 1. The maximum Gasteiger partial charge on any atom is 0.412 e. The Labute approximate surface area is 269 Å². The molecule has 1 aliphatic heterocycles. The number of ether oxygens (including phenoxy) is 7. The molecule has 1 N–H and O–H groups in total. The number of hydrogen-bond acceptors (Lipinski definition) is 10. The Hall–Kier alpha value is -4.29. The number of carbonyl (C=O) groups excluding carboxylic acids is 1. The lowest BCUT2D eigenvalue weighted by molar-refractivity contribution is -0.224. The van der Waals surface area contributed by atoms with E-state index in [4.69, 9.17) is 33.2 Å². The van der Waals surface area contributed by atoms with Crippen LogP contribution in [0.15, 0.2) is 49.2 Å². The van der Waals surface area contributed by atoms with Gasteiger partial charge in [-0.3, -0.25) is 5.32 Å². The van der Waals surface area contributed by atoms with Crippen LogP contribution in [-0.4, -0.2) is 73.6 Å². The molecule has 4 unspecified atom stereocenters. The number of allylic oxidation sites excluding steroid dienone is 1. The number of benzene rings is 2. The maximum absolute atomic E-state index is 13.3. The SMILES string of the molecule is C=CCC(CC)C1(C)COC2(CCCC(OC(=O)Nc3cc(-c4cnnn4-c4cc(OC)c(OC)c(OC)c4)ccc3OC)C2)O1. The molecule has 12 nitrogen and oxygen atoms in total.